The summed E-state index contributed by atoms with van der Waals surface area (Å²) in [6.07, 6.45) is 1.15. The number of hydrogen-bond acceptors (Lipinski definition) is 4. The van der Waals surface area contributed by atoms with E-state index in [0.29, 0.717) is 16.3 Å². The molecule has 0 fully saturated rings. The second kappa shape index (κ2) is 4.51. The van der Waals surface area contributed by atoms with Gasteiger partial charge in [-0.15, -0.1) is 0 Å². The van der Waals surface area contributed by atoms with Crippen LogP contribution in [-0.2, 0) is 10.0 Å². The molecule has 0 radical (unpaired) electrons. The van der Waals surface area contributed by atoms with Gasteiger partial charge >= 0.3 is 0 Å². The molecule has 2 rings (SSSR count). The Morgan fingerprint density at radius 2 is 2.17 bits per heavy atom. The van der Waals surface area contributed by atoms with Gasteiger partial charge in [-0.1, -0.05) is 17.7 Å². The molecular weight excluding hydrogens is 276 g/mol. The lowest BCUT2D eigenvalue weighted by Gasteiger charge is -2.10. The summed E-state index contributed by atoms with van der Waals surface area (Å²) >= 11 is 5.92. The van der Waals surface area contributed by atoms with Gasteiger partial charge < -0.3 is 5.73 Å². The summed E-state index contributed by atoms with van der Waals surface area (Å²) in [7, 11) is -3.77. The highest BCUT2D eigenvalue weighted by Crippen LogP contribution is 2.26. The van der Waals surface area contributed by atoms with Crippen molar-refractivity contribution < 1.29 is 8.42 Å². The number of hydrogen-bond donors (Lipinski definition) is 3. The third kappa shape index (κ3) is 2.27. The van der Waals surface area contributed by atoms with Crippen LogP contribution >= 0.6 is 11.6 Å². The van der Waals surface area contributed by atoms with Crippen molar-refractivity contribution in [1.82, 2.24) is 10.2 Å². The van der Waals surface area contributed by atoms with Gasteiger partial charge in [0.05, 0.1) is 11.9 Å². The number of sulfonamides is 1. The van der Waals surface area contributed by atoms with E-state index in [4.69, 9.17) is 17.3 Å². The van der Waals surface area contributed by atoms with Crippen LogP contribution in [-0.4, -0.2) is 18.6 Å². The first kappa shape index (κ1) is 12.7. The molecule has 0 saturated heterocycles. The quantitative estimate of drug-likeness (QED) is 0.800. The smallest absolute Gasteiger partial charge is 0.267 e. The van der Waals surface area contributed by atoms with E-state index in [2.05, 4.69) is 14.9 Å². The van der Waals surface area contributed by atoms with E-state index in [1.165, 1.54) is 0 Å². The van der Waals surface area contributed by atoms with Crippen LogP contribution in [0, 0.1) is 6.92 Å². The summed E-state index contributed by atoms with van der Waals surface area (Å²) in [5, 5.41) is 6.43. The average molecular weight is 287 g/mol. The average Bonchev–Trinajstić information content (AvgIpc) is 2.72. The maximum atomic E-state index is 12.1. The normalized spacial score (nSPS) is 11.4. The number of nitrogens with two attached hydrogens (primary N) is 1. The van der Waals surface area contributed by atoms with Gasteiger partial charge in [-0.3, -0.25) is 9.82 Å². The van der Waals surface area contributed by atoms with Crippen molar-refractivity contribution in [1.29, 1.82) is 0 Å². The number of rotatable bonds is 3. The Morgan fingerprint density at radius 3 is 2.78 bits per heavy atom. The Labute approximate surface area is 109 Å². The van der Waals surface area contributed by atoms with E-state index < -0.39 is 10.0 Å². The Balaban J connectivity index is 2.40. The highest BCUT2D eigenvalue weighted by molar-refractivity contribution is 7.92. The highest BCUT2D eigenvalue weighted by atomic mass is 35.5. The molecule has 18 heavy (non-hydrogen) atoms. The van der Waals surface area contributed by atoms with Crippen LogP contribution in [0.15, 0.2) is 29.3 Å². The fraction of sp³-hybridized carbons (Fsp3) is 0.100. The van der Waals surface area contributed by atoms with Gasteiger partial charge in [0, 0.05) is 5.02 Å². The second-order valence-corrected chi connectivity index (χ2v) is 5.72. The van der Waals surface area contributed by atoms with E-state index >= 15 is 0 Å². The molecule has 0 saturated carbocycles. The van der Waals surface area contributed by atoms with Gasteiger partial charge in [0.15, 0.2) is 0 Å². The van der Waals surface area contributed by atoms with Crippen LogP contribution in [0.25, 0.3) is 0 Å². The Morgan fingerprint density at radius 1 is 1.44 bits per heavy atom. The number of halogens is 1. The first-order valence-corrected chi connectivity index (χ1v) is 6.84. The van der Waals surface area contributed by atoms with Gasteiger partial charge in [-0.05, 0) is 24.6 Å². The van der Waals surface area contributed by atoms with Crippen molar-refractivity contribution >= 4 is 33.1 Å². The van der Waals surface area contributed by atoms with E-state index in [1.807, 2.05) is 0 Å². The van der Waals surface area contributed by atoms with Crippen LogP contribution in [0.3, 0.4) is 0 Å². The first-order chi connectivity index (χ1) is 8.42. The van der Waals surface area contributed by atoms with Crippen LogP contribution < -0.4 is 10.5 Å². The predicted octanol–water partition coefficient (Wildman–Crippen LogP) is 1.75. The van der Waals surface area contributed by atoms with Crippen LogP contribution in [0.2, 0.25) is 5.02 Å². The summed E-state index contributed by atoms with van der Waals surface area (Å²) in [6.45, 7) is 1.72. The lowest BCUT2D eigenvalue weighted by atomic mass is 10.2. The molecule has 2 aromatic rings. The van der Waals surface area contributed by atoms with Crippen molar-refractivity contribution in [2.75, 3.05) is 10.5 Å². The van der Waals surface area contributed by atoms with E-state index in [0.717, 1.165) is 6.20 Å². The van der Waals surface area contributed by atoms with Crippen molar-refractivity contribution in [3.05, 3.63) is 35.0 Å². The molecule has 0 aliphatic carbocycles. The summed E-state index contributed by atoms with van der Waals surface area (Å²) in [5.41, 5.74) is 6.53. The lowest BCUT2D eigenvalue weighted by molar-refractivity contribution is 0.601. The van der Waals surface area contributed by atoms with Gasteiger partial charge in [-0.2, -0.15) is 5.10 Å². The largest absolute Gasteiger partial charge is 0.383 e. The maximum absolute atomic E-state index is 12.1. The summed E-state index contributed by atoms with van der Waals surface area (Å²) in [4.78, 5) is -0.0955. The Kier molecular flexibility index (Phi) is 3.18. The monoisotopic (exact) mass is 286 g/mol. The number of aromatic nitrogens is 2. The van der Waals surface area contributed by atoms with Crippen molar-refractivity contribution in [2.24, 2.45) is 0 Å². The van der Waals surface area contributed by atoms with Crippen LogP contribution in [0.5, 0.6) is 0 Å². The Hall–Kier alpha value is -1.73. The van der Waals surface area contributed by atoms with E-state index in [1.54, 1.807) is 25.1 Å². The molecule has 0 bridgehead atoms. The lowest BCUT2D eigenvalue weighted by Crippen LogP contribution is -2.14. The maximum Gasteiger partial charge on any atom is 0.267 e. The molecule has 0 amide bonds. The van der Waals surface area contributed by atoms with Crippen molar-refractivity contribution in [2.45, 2.75) is 11.8 Å². The molecule has 6 nitrogen and oxygen atoms in total. The second-order valence-electron chi connectivity index (χ2n) is 3.67. The van der Waals surface area contributed by atoms with Gasteiger partial charge in [0.1, 0.15) is 10.7 Å². The molecule has 8 heteroatoms. The minimum absolute atomic E-state index is 0.0119. The SMILES string of the molecule is Cc1c(Cl)cccc1NS(=O)(=O)c1cn[nH]c1N. The van der Waals surface area contributed by atoms with Gasteiger partial charge in [-0.25, -0.2) is 8.42 Å². The third-order valence-corrected chi connectivity index (χ3v) is 4.24. The minimum Gasteiger partial charge on any atom is -0.383 e. The number of nitrogen functional groups attached to an aromatic ring is 1. The molecule has 0 unspecified atom stereocenters. The molecule has 0 spiro atoms. The topological polar surface area (TPSA) is 101 Å². The molecule has 0 aliphatic heterocycles. The zero-order chi connectivity index (χ0) is 13.3. The molecular formula is C10H11ClN4O2S. The number of nitrogens with zero attached hydrogens (tertiary/aromatic N) is 1. The van der Waals surface area contributed by atoms with Gasteiger partial charge in [0.2, 0.25) is 0 Å². The highest BCUT2D eigenvalue weighted by Gasteiger charge is 2.20. The van der Waals surface area contributed by atoms with Crippen molar-refractivity contribution in [3.63, 3.8) is 0 Å². The fourth-order valence-electron chi connectivity index (χ4n) is 1.42. The zero-order valence-corrected chi connectivity index (χ0v) is 11.0. The standard InChI is InChI=1S/C10H11ClN4O2S/c1-6-7(11)3-2-4-8(6)15-18(16,17)9-5-13-14-10(9)12/h2-5,15H,1H3,(H3,12,13,14). The number of H-pyrrole nitrogens is 1. The molecule has 4 N–H and O–H groups in total. The third-order valence-electron chi connectivity index (χ3n) is 2.43. The number of anilines is 2. The number of nitrogens with one attached hydrogen (secondary N) is 2. The molecule has 1 aromatic carbocycles. The summed E-state index contributed by atoms with van der Waals surface area (Å²) in [5.74, 6) is -0.0119. The van der Waals surface area contributed by atoms with E-state index in [-0.39, 0.29) is 10.7 Å². The Bertz CT molecular complexity index is 681. The number of benzene rings is 1. The fourth-order valence-corrected chi connectivity index (χ4v) is 2.74. The first-order valence-electron chi connectivity index (χ1n) is 4.98. The molecule has 96 valence electrons. The summed E-state index contributed by atoms with van der Waals surface area (Å²) in [6, 6.07) is 4.96. The number of aromatic amines is 1. The van der Waals surface area contributed by atoms with Crippen LogP contribution in [0.1, 0.15) is 5.56 Å². The molecule has 0 atom stereocenters. The van der Waals surface area contributed by atoms with E-state index in [9.17, 15) is 8.42 Å². The minimum atomic E-state index is -3.77. The molecule has 1 heterocycles. The van der Waals surface area contributed by atoms with Crippen molar-refractivity contribution in [3.8, 4) is 0 Å². The van der Waals surface area contributed by atoms with Gasteiger partial charge in [0.25, 0.3) is 10.0 Å². The molecule has 1 aromatic heterocycles. The predicted molar refractivity (Wildman–Crippen MR) is 70.0 cm³/mol. The summed E-state index contributed by atoms with van der Waals surface area (Å²) < 4.78 is 26.5. The molecule has 0 aliphatic rings. The van der Waals surface area contributed by atoms with Crippen LogP contribution in [0.4, 0.5) is 11.5 Å². The zero-order valence-electron chi connectivity index (χ0n) is 9.44.